The third-order valence-corrected chi connectivity index (χ3v) is 4.49. The topological polar surface area (TPSA) is 29.1 Å². The molecule has 0 heterocycles. The van der Waals surface area contributed by atoms with Crippen molar-refractivity contribution < 1.29 is 4.79 Å². The first kappa shape index (κ1) is 15.6. The molecule has 0 bridgehead atoms. The smallest absolute Gasteiger partial charge is 0.233 e. The van der Waals surface area contributed by atoms with E-state index >= 15 is 0 Å². The Hall–Kier alpha value is -1.74. The second kappa shape index (κ2) is 7.89. The molecule has 110 valence electrons. The van der Waals surface area contributed by atoms with E-state index in [2.05, 4.69) is 24.4 Å². The van der Waals surface area contributed by atoms with Gasteiger partial charge in [-0.3, -0.25) is 4.79 Å². The van der Waals surface area contributed by atoms with Gasteiger partial charge in [0, 0.05) is 11.4 Å². The molecule has 0 fully saturated rings. The highest BCUT2D eigenvalue weighted by molar-refractivity contribution is 8.00. The van der Waals surface area contributed by atoms with Gasteiger partial charge in [-0.15, -0.1) is 11.8 Å². The molecule has 2 rings (SSSR count). The van der Waals surface area contributed by atoms with E-state index in [-0.39, 0.29) is 11.2 Å². The number of carbonyl (C=O) groups is 1. The standard InChI is InChI=1S/C18H21NOS/c1-14(16-9-5-3-6-10-16)13-19-18(20)15(2)21-17-11-7-4-8-12-17/h3-12,14-15H,13H2,1-2H3,(H,19,20)/t14-,15-/m1/s1. The number of hydrogen-bond acceptors (Lipinski definition) is 2. The fraction of sp³-hybridized carbons (Fsp3) is 0.278. The van der Waals surface area contributed by atoms with Crippen molar-refractivity contribution in [3.05, 3.63) is 66.2 Å². The van der Waals surface area contributed by atoms with Crippen LogP contribution >= 0.6 is 11.8 Å². The summed E-state index contributed by atoms with van der Waals surface area (Å²) in [6.07, 6.45) is 0. The maximum atomic E-state index is 12.2. The second-order valence-corrected chi connectivity index (χ2v) is 6.54. The van der Waals surface area contributed by atoms with Crippen molar-refractivity contribution in [2.45, 2.75) is 29.9 Å². The number of benzene rings is 2. The minimum atomic E-state index is -0.0876. The highest BCUT2D eigenvalue weighted by atomic mass is 32.2. The molecule has 3 heteroatoms. The van der Waals surface area contributed by atoms with Crippen LogP contribution in [0.3, 0.4) is 0 Å². The lowest BCUT2D eigenvalue weighted by molar-refractivity contribution is -0.120. The van der Waals surface area contributed by atoms with Gasteiger partial charge in [-0.25, -0.2) is 0 Å². The fourth-order valence-corrected chi connectivity index (χ4v) is 2.97. The molecule has 0 aliphatic rings. The lowest BCUT2D eigenvalue weighted by Gasteiger charge is -2.16. The first-order valence-electron chi connectivity index (χ1n) is 7.21. The van der Waals surface area contributed by atoms with E-state index in [4.69, 9.17) is 0 Å². The summed E-state index contributed by atoms with van der Waals surface area (Å²) in [5.41, 5.74) is 1.25. The van der Waals surface area contributed by atoms with Gasteiger partial charge in [-0.05, 0) is 30.5 Å². The third kappa shape index (κ3) is 4.94. The Morgan fingerprint density at radius 2 is 1.57 bits per heavy atom. The number of nitrogens with one attached hydrogen (secondary N) is 1. The zero-order chi connectivity index (χ0) is 15.1. The Labute approximate surface area is 131 Å². The zero-order valence-electron chi connectivity index (χ0n) is 12.5. The van der Waals surface area contributed by atoms with E-state index in [0.717, 1.165) is 4.90 Å². The highest BCUT2D eigenvalue weighted by Crippen LogP contribution is 2.22. The molecule has 0 radical (unpaired) electrons. The quantitative estimate of drug-likeness (QED) is 0.814. The molecule has 2 aromatic carbocycles. The average Bonchev–Trinajstić information content (AvgIpc) is 2.54. The van der Waals surface area contributed by atoms with E-state index in [0.29, 0.717) is 12.5 Å². The van der Waals surface area contributed by atoms with Crippen molar-refractivity contribution in [3.8, 4) is 0 Å². The molecule has 0 unspecified atom stereocenters. The number of carbonyl (C=O) groups excluding carboxylic acids is 1. The molecule has 2 aromatic rings. The molecule has 0 spiro atoms. The van der Waals surface area contributed by atoms with Gasteiger partial charge in [0.1, 0.15) is 0 Å². The predicted molar refractivity (Wildman–Crippen MR) is 89.6 cm³/mol. The molecule has 0 saturated carbocycles. The number of amides is 1. The van der Waals surface area contributed by atoms with Crippen molar-refractivity contribution in [3.63, 3.8) is 0 Å². The Bertz CT molecular complexity index is 556. The number of thioether (sulfide) groups is 1. The molecule has 0 saturated heterocycles. The van der Waals surface area contributed by atoms with Crippen molar-refractivity contribution in [1.82, 2.24) is 5.32 Å². The summed E-state index contributed by atoms with van der Waals surface area (Å²) in [7, 11) is 0. The summed E-state index contributed by atoms with van der Waals surface area (Å²) in [5.74, 6) is 0.413. The molecule has 0 aliphatic carbocycles. The van der Waals surface area contributed by atoms with Gasteiger partial charge in [0.15, 0.2) is 0 Å². The lowest BCUT2D eigenvalue weighted by atomic mass is 10.0. The molecule has 21 heavy (non-hydrogen) atoms. The summed E-state index contributed by atoms with van der Waals surface area (Å²) in [5, 5.41) is 2.95. The van der Waals surface area contributed by atoms with E-state index in [9.17, 15) is 4.79 Å². The minimum absolute atomic E-state index is 0.0876. The molecular weight excluding hydrogens is 278 g/mol. The van der Waals surface area contributed by atoms with Crippen LogP contribution in [0.2, 0.25) is 0 Å². The summed E-state index contributed by atoms with van der Waals surface area (Å²) >= 11 is 1.59. The van der Waals surface area contributed by atoms with E-state index in [1.807, 2.05) is 55.5 Å². The Morgan fingerprint density at radius 1 is 1.00 bits per heavy atom. The van der Waals surface area contributed by atoms with Crippen LogP contribution < -0.4 is 5.32 Å². The largest absolute Gasteiger partial charge is 0.355 e. The summed E-state index contributed by atoms with van der Waals surface area (Å²) in [6.45, 7) is 4.74. The summed E-state index contributed by atoms with van der Waals surface area (Å²) < 4.78 is 0. The molecular formula is C18H21NOS. The minimum Gasteiger partial charge on any atom is -0.355 e. The molecule has 1 N–H and O–H groups in total. The third-order valence-electron chi connectivity index (χ3n) is 3.38. The zero-order valence-corrected chi connectivity index (χ0v) is 13.3. The van der Waals surface area contributed by atoms with E-state index in [1.165, 1.54) is 5.56 Å². The number of rotatable bonds is 6. The van der Waals surface area contributed by atoms with Gasteiger partial charge < -0.3 is 5.32 Å². The van der Waals surface area contributed by atoms with Gasteiger partial charge in [0.25, 0.3) is 0 Å². The van der Waals surface area contributed by atoms with Gasteiger partial charge in [-0.1, -0.05) is 55.5 Å². The Morgan fingerprint density at radius 3 is 2.19 bits per heavy atom. The van der Waals surface area contributed by atoms with Gasteiger partial charge in [-0.2, -0.15) is 0 Å². The van der Waals surface area contributed by atoms with Crippen LogP contribution in [0, 0.1) is 0 Å². The maximum Gasteiger partial charge on any atom is 0.233 e. The highest BCUT2D eigenvalue weighted by Gasteiger charge is 2.15. The lowest BCUT2D eigenvalue weighted by Crippen LogP contribution is -2.33. The van der Waals surface area contributed by atoms with Crippen LogP contribution in [0.4, 0.5) is 0 Å². The molecule has 0 aliphatic heterocycles. The van der Waals surface area contributed by atoms with E-state index in [1.54, 1.807) is 11.8 Å². The van der Waals surface area contributed by atoms with Crippen LogP contribution in [-0.2, 0) is 4.79 Å². The Kier molecular flexibility index (Phi) is 5.88. The second-order valence-electron chi connectivity index (χ2n) is 5.13. The average molecular weight is 299 g/mol. The van der Waals surface area contributed by atoms with Crippen molar-refractivity contribution >= 4 is 17.7 Å². The SMILES string of the molecule is C[C@H](CNC(=O)[C@@H](C)Sc1ccccc1)c1ccccc1. The molecule has 1 amide bonds. The predicted octanol–water partition coefficient (Wildman–Crippen LogP) is 4.09. The number of hydrogen-bond donors (Lipinski definition) is 1. The van der Waals surface area contributed by atoms with Gasteiger partial charge in [0.2, 0.25) is 5.91 Å². The molecule has 2 atom stereocenters. The van der Waals surface area contributed by atoms with Crippen LogP contribution in [0.5, 0.6) is 0 Å². The van der Waals surface area contributed by atoms with Gasteiger partial charge >= 0.3 is 0 Å². The summed E-state index contributed by atoms with van der Waals surface area (Å²) in [4.78, 5) is 13.3. The van der Waals surface area contributed by atoms with Crippen LogP contribution in [0.15, 0.2) is 65.6 Å². The molecule has 0 aromatic heterocycles. The van der Waals surface area contributed by atoms with Crippen LogP contribution in [-0.4, -0.2) is 17.7 Å². The molecule has 2 nitrogen and oxygen atoms in total. The maximum absolute atomic E-state index is 12.2. The fourth-order valence-electron chi connectivity index (χ4n) is 2.05. The first-order chi connectivity index (χ1) is 10.2. The van der Waals surface area contributed by atoms with Gasteiger partial charge in [0.05, 0.1) is 5.25 Å². The first-order valence-corrected chi connectivity index (χ1v) is 8.09. The summed E-state index contributed by atoms with van der Waals surface area (Å²) in [6, 6.07) is 20.3. The van der Waals surface area contributed by atoms with Crippen molar-refractivity contribution in [2.24, 2.45) is 0 Å². The Balaban J connectivity index is 1.81. The van der Waals surface area contributed by atoms with Crippen LogP contribution in [0.1, 0.15) is 25.3 Å². The van der Waals surface area contributed by atoms with E-state index < -0.39 is 0 Å². The monoisotopic (exact) mass is 299 g/mol. The normalized spacial score (nSPS) is 13.4. The van der Waals surface area contributed by atoms with Crippen molar-refractivity contribution in [1.29, 1.82) is 0 Å². The van der Waals surface area contributed by atoms with Crippen LogP contribution in [0.25, 0.3) is 0 Å². The van der Waals surface area contributed by atoms with Crippen molar-refractivity contribution in [2.75, 3.05) is 6.54 Å².